The summed E-state index contributed by atoms with van der Waals surface area (Å²) in [5.74, 6) is 5.70. The molecule has 0 bridgehead atoms. The number of ether oxygens (including phenoxy) is 2. The molecule has 3 N–H and O–H groups in total. The van der Waals surface area contributed by atoms with Gasteiger partial charge >= 0.3 is 0 Å². The normalized spacial score (nSPS) is 13.0. The Bertz CT molecular complexity index is 539. The monoisotopic (exact) mass is 274 g/mol. The van der Waals surface area contributed by atoms with Gasteiger partial charge in [-0.25, -0.2) is 5.43 Å². The molecule has 0 fully saturated rings. The summed E-state index contributed by atoms with van der Waals surface area (Å²) in [6.07, 6.45) is -0.392. The molecule has 1 atom stereocenters. The van der Waals surface area contributed by atoms with E-state index in [1.165, 1.54) is 10.8 Å². The molecule has 0 radical (unpaired) electrons. The fraction of sp³-hybridized carbons (Fsp3) is 0.375. The van der Waals surface area contributed by atoms with Crippen molar-refractivity contribution in [2.45, 2.75) is 26.2 Å². The van der Waals surface area contributed by atoms with E-state index >= 15 is 0 Å². The van der Waals surface area contributed by atoms with Gasteiger partial charge in [0.1, 0.15) is 0 Å². The molecule has 4 nitrogen and oxygen atoms in total. The summed E-state index contributed by atoms with van der Waals surface area (Å²) >= 11 is 0. The van der Waals surface area contributed by atoms with E-state index in [0.717, 1.165) is 5.56 Å². The van der Waals surface area contributed by atoms with Gasteiger partial charge in [0.2, 0.25) is 0 Å². The van der Waals surface area contributed by atoms with Gasteiger partial charge in [-0.1, -0.05) is 36.4 Å². The third kappa shape index (κ3) is 3.35. The first-order chi connectivity index (χ1) is 9.80. The highest BCUT2D eigenvalue weighted by molar-refractivity contribution is 5.83. The minimum atomic E-state index is -0.392. The first-order valence-corrected chi connectivity index (χ1v) is 6.98. The summed E-state index contributed by atoms with van der Waals surface area (Å²) in [7, 11) is 0. The number of rotatable bonds is 7. The van der Waals surface area contributed by atoms with Crippen molar-refractivity contribution in [3.8, 4) is 0 Å². The van der Waals surface area contributed by atoms with Crippen LogP contribution in [0.25, 0.3) is 10.8 Å². The number of benzene rings is 2. The van der Waals surface area contributed by atoms with Gasteiger partial charge in [-0.2, -0.15) is 0 Å². The van der Waals surface area contributed by atoms with Crippen molar-refractivity contribution in [1.29, 1.82) is 0 Å². The minimum Gasteiger partial charge on any atom is -0.351 e. The molecule has 0 amide bonds. The van der Waals surface area contributed by atoms with Crippen molar-refractivity contribution in [3.63, 3.8) is 0 Å². The smallest absolute Gasteiger partial charge is 0.178 e. The lowest BCUT2D eigenvalue weighted by molar-refractivity contribution is -0.155. The maximum atomic E-state index is 5.70. The van der Waals surface area contributed by atoms with Crippen molar-refractivity contribution >= 4 is 10.8 Å². The van der Waals surface area contributed by atoms with Crippen molar-refractivity contribution < 1.29 is 9.47 Å². The van der Waals surface area contributed by atoms with Crippen LogP contribution in [0.1, 0.15) is 25.5 Å². The molecule has 2 rings (SSSR count). The molecule has 2 aromatic rings. The Morgan fingerprint density at radius 2 is 1.65 bits per heavy atom. The summed E-state index contributed by atoms with van der Waals surface area (Å²) < 4.78 is 11.3. The van der Waals surface area contributed by atoms with E-state index in [1.807, 2.05) is 26.0 Å². The van der Waals surface area contributed by atoms with Crippen molar-refractivity contribution in [1.82, 2.24) is 5.43 Å². The Balaban J connectivity index is 2.31. The molecule has 1 unspecified atom stereocenters. The minimum absolute atomic E-state index is 0.195. The molecule has 108 valence electrons. The quantitative estimate of drug-likeness (QED) is 0.463. The van der Waals surface area contributed by atoms with Crippen LogP contribution in [0.3, 0.4) is 0 Å². The van der Waals surface area contributed by atoms with Gasteiger partial charge in [-0.3, -0.25) is 5.84 Å². The highest BCUT2D eigenvalue weighted by Gasteiger charge is 2.23. The molecule has 0 aromatic heterocycles. The topological polar surface area (TPSA) is 56.5 Å². The number of hydrogen-bond donors (Lipinski definition) is 2. The molecule has 0 heterocycles. The van der Waals surface area contributed by atoms with Crippen LogP contribution in [0.2, 0.25) is 0 Å². The third-order valence-electron chi connectivity index (χ3n) is 3.25. The Labute approximate surface area is 119 Å². The van der Waals surface area contributed by atoms with Crippen LogP contribution in [0, 0.1) is 0 Å². The molecule has 20 heavy (non-hydrogen) atoms. The van der Waals surface area contributed by atoms with Gasteiger partial charge in [0.15, 0.2) is 6.29 Å². The second kappa shape index (κ2) is 7.36. The average Bonchev–Trinajstić information content (AvgIpc) is 2.48. The van der Waals surface area contributed by atoms with Crippen LogP contribution < -0.4 is 11.3 Å². The van der Waals surface area contributed by atoms with Crippen LogP contribution >= 0.6 is 0 Å². The fourth-order valence-corrected chi connectivity index (χ4v) is 2.30. The zero-order valence-electron chi connectivity index (χ0n) is 12.0. The molecular formula is C16H22N2O2. The Morgan fingerprint density at radius 1 is 1.00 bits per heavy atom. The second-order valence-corrected chi connectivity index (χ2v) is 4.53. The Morgan fingerprint density at radius 3 is 2.25 bits per heavy atom. The molecule has 0 aliphatic heterocycles. The molecule has 0 saturated carbocycles. The molecule has 0 aliphatic carbocycles. The zero-order chi connectivity index (χ0) is 14.4. The van der Waals surface area contributed by atoms with E-state index in [1.54, 1.807) is 0 Å². The lowest BCUT2D eigenvalue weighted by atomic mass is 10.0. The summed E-state index contributed by atoms with van der Waals surface area (Å²) in [5, 5.41) is 2.38. The first kappa shape index (κ1) is 14.9. The highest BCUT2D eigenvalue weighted by atomic mass is 16.7. The van der Waals surface area contributed by atoms with Gasteiger partial charge in [0.05, 0.1) is 6.04 Å². The Kier molecular flexibility index (Phi) is 5.49. The number of fused-ring (bicyclic) bond motifs is 1. The number of nitrogens with one attached hydrogen (secondary N) is 1. The van der Waals surface area contributed by atoms with Crippen LogP contribution in [0.15, 0.2) is 42.5 Å². The second-order valence-electron chi connectivity index (χ2n) is 4.53. The van der Waals surface area contributed by atoms with E-state index in [2.05, 4.69) is 35.8 Å². The average molecular weight is 274 g/mol. The van der Waals surface area contributed by atoms with Gasteiger partial charge in [0, 0.05) is 13.2 Å². The van der Waals surface area contributed by atoms with Crippen LogP contribution in [0.5, 0.6) is 0 Å². The SMILES string of the molecule is CCOC(OCC)C(NN)c1ccc2ccccc2c1. The summed E-state index contributed by atoms with van der Waals surface area (Å²) in [6.45, 7) is 5.05. The predicted octanol–water partition coefficient (Wildman–Crippen LogP) is 2.74. The van der Waals surface area contributed by atoms with Crippen molar-refractivity contribution in [3.05, 3.63) is 48.0 Å². The van der Waals surface area contributed by atoms with Gasteiger partial charge in [0.25, 0.3) is 0 Å². The molecule has 0 saturated heterocycles. The highest BCUT2D eigenvalue weighted by Crippen LogP contribution is 2.24. The van der Waals surface area contributed by atoms with E-state index < -0.39 is 6.29 Å². The molecule has 4 heteroatoms. The first-order valence-electron chi connectivity index (χ1n) is 6.98. The third-order valence-corrected chi connectivity index (χ3v) is 3.25. The Hall–Kier alpha value is -1.46. The lowest BCUT2D eigenvalue weighted by Crippen LogP contribution is -2.39. The predicted molar refractivity (Wildman–Crippen MR) is 81.1 cm³/mol. The van der Waals surface area contributed by atoms with Crippen LogP contribution in [-0.2, 0) is 9.47 Å². The summed E-state index contributed by atoms with van der Waals surface area (Å²) in [6, 6.07) is 14.3. The fourth-order valence-electron chi connectivity index (χ4n) is 2.30. The van der Waals surface area contributed by atoms with Gasteiger partial charge in [-0.05, 0) is 36.2 Å². The maximum absolute atomic E-state index is 5.70. The maximum Gasteiger partial charge on any atom is 0.178 e. The van der Waals surface area contributed by atoms with Crippen molar-refractivity contribution in [2.75, 3.05) is 13.2 Å². The van der Waals surface area contributed by atoms with Crippen LogP contribution in [0.4, 0.5) is 0 Å². The largest absolute Gasteiger partial charge is 0.351 e. The van der Waals surface area contributed by atoms with E-state index in [9.17, 15) is 0 Å². The zero-order valence-corrected chi connectivity index (χ0v) is 12.0. The van der Waals surface area contributed by atoms with E-state index in [-0.39, 0.29) is 6.04 Å². The van der Waals surface area contributed by atoms with Crippen LogP contribution in [-0.4, -0.2) is 19.5 Å². The lowest BCUT2D eigenvalue weighted by Gasteiger charge is -2.26. The molecule has 0 spiro atoms. The molecule has 2 aromatic carbocycles. The van der Waals surface area contributed by atoms with Gasteiger partial charge in [-0.15, -0.1) is 0 Å². The summed E-state index contributed by atoms with van der Waals surface area (Å²) in [5.41, 5.74) is 3.86. The number of hydrazine groups is 1. The molecule has 0 aliphatic rings. The summed E-state index contributed by atoms with van der Waals surface area (Å²) in [4.78, 5) is 0. The van der Waals surface area contributed by atoms with E-state index in [4.69, 9.17) is 15.3 Å². The van der Waals surface area contributed by atoms with E-state index in [0.29, 0.717) is 13.2 Å². The van der Waals surface area contributed by atoms with Crippen molar-refractivity contribution in [2.24, 2.45) is 5.84 Å². The standard InChI is InChI=1S/C16H22N2O2/c1-3-19-16(20-4-2)15(18-17)14-10-9-12-7-5-6-8-13(12)11-14/h5-11,15-16,18H,3-4,17H2,1-2H3. The number of nitrogens with two attached hydrogens (primary N) is 1. The number of hydrogen-bond acceptors (Lipinski definition) is 4. The van der Waals surface area contributed by atoms with Gasteiger partial charge < -0.3 is 9.47 Å². The molecular weight excluding hydrogens is 252 g/mol.